The Morgan fingerprint density at radius 1 is 1.08 bits per heavy atom. The minimum Gasteiger partial charge on any atom is -0.497 e. The maximum Gasteiger partial charge on any atom is 0.216 e. The van der Waals surface area contributed by atoms with Gasteiger partial charge in [-0.15, -0.1) is 0 Å². The van der Waals surface area contributed by atoms with Gasteiger partial charge >= 0.3 is 0 Å². The third kappa shape index (κ3) is 5.25. The van der Waals surface area contributed by atoms with Gasteiger partial charge in [0.15, 0.2) is 0 Å². The van der Waals surface area contributed by atoms with E-state index in [0.717, 1.165) is 0 Å². The van der Waals surface area contributed by atoms with Crippen LogP contribution in [0.3, 0.4) is 0 Å². The third-order valence-electron chi connectivity index (χ3n) is 3.62. The molecule has 0 aliphatic carbocycles. The fraction of sp³-hybridized carbons (Fsp3) is 0.294. The fourth-order valence-corrected chi connectivity index (χ4v) is 4.36. The lowest BCUT2D eigenvalue weighted by Crippen LogP contribution is -2.28. The minimum atomic E-state index is -3.64. The molecule has 0 saturated carbocycles. The van der Waals surface area contributed by atoms with Crippen molar-refractivity contribution in [2.24, 2.45) is 0 Å². The third-order valence-corrected chi connectivity index (χ3v) is 5.61. The molecule has 0 aliphatic heterocycles. The lowest BCUT2D eigenvalue weighted by molar-refractivity contribution is 0.395. The van der Waals surface area contributed by atoms with Crippen LogP contribution < -0.4 is 14.2 Å². The zero-order valence-electron chi connectivity index (χ0n) is 14.0. The van der Waals surface area contributed by atoms with Crippen molar-refractivity contribution in [1.29, 1.82) is 0 Å². The molecule has 1 unspecified atom stereocenters. The standard InChI is InChI=1S/C17H19Cl2NO4S/c1-11(15-9-14(23-2)6-7-17(15)24-3)20-25(21,22)10-12-4-5-13(18)8-16(12)19/h4-9,11,20H,10H2,1-3H3. The highest BCUT2D eigenvalue weighted by atomic mass is 35.5. The zero-order chi connectivity index (χ0) is 18.6. The second-order valence-electron chi connectivity index (χ2n) is 5.44. The van der Waals surface area contributed by atoms with E-state index in [-0.39, 0.29) is 5.75 Å². The molecule has 8 heteroatoms. The average Bonchev–Trinajstić information content (AvgIpc) is 2.56. The highest BCUT2D eigenvalue weighted by Crippen LogP contribution is 2.30. The monoisotopic (exact) mass is 403 g/mol. The van der Waals surface area contributed by atoms with Gasteiger partial charge in [-0.05, 0) is 42.8 Å². The second-order valence-corrected chi connectivity index (χ2v) is 8.04. The van der Waals surface area contributed by atoms with Crippen molar-refractivity contribution in [1.82, 2.24) is 4.72 Å². The van der Waals surface area contributed by atoms with Crippen LogP contribution in [0.2, 0.25) is 10.0 Å². The average molecular weight is 404 g/mol. The maximum absolute atomic E-state index is 12.5. The first-order valence-corrected chi connectivity index (χ1v) is 9.82. The van der Waals surface area contributed by atoms with Crippen molar-refractivity contribution >= 4 is 33.2 Å². The van der Waals surface area contributed by atoms with Gasteiger partial charge in [-0.3, -0.25) is 0 Å². The maximum atomic E-state index is 12.5. The number of hydrogen-bond acceptors (Lipinski definition) is 4. The van der Waals surface area contributed by atoms with Crippen LogP contribution in [-0.4, -0.2) is 22.6 Å². The zero-order valence-corrected chi connectivity index (χ0v) is 16.4. The van der Waals surface area contributed by atoms with Crippen molar-refractivity contribution in [2.75, 3.05) is 14.2 Å². The highest BCUT2D eigenvalue weighted by Gasteiger charge is 2.21. The molecule has 2 rings (SSSR count). The molecule has 0 fully saturated rings. The van der Waals surface area contributed by atoms with E-state index in [0.29, 0.717) is 32.7 Å². The van der Waals surface area contributed by atoms with Crippen LogP contribution in [0, 0.1) is 0 Å². The van der Waals surface area contributed by atoms with Gasteiger partial charge in [0.1, 0.15) is 11.5 Å². The number of ether oxygens (including phenoxy) is 2. The van der Waals surface area contributed by atoms with Crippen LogP contribution in [0.25, 0.3) is 0 Å². The summed E-state index contributed by atoms with van der Waals surface area (Å²) in [6.07, 6.45) is 0. The van der Waals surface area contributed by atoms with Gasteiger partial charge in [-0.25, -0.2) is 13.1 Å². The summed E-state index contributed by atoms with van der Waals surface area (Å²) in [4.78, 5) is 0. The Hall–Kier alpha value is -1.47. The first-order valence-electron chi connectivity index (χ1n) is 7.41. The Kier molecular flexibility index (Phi) is 6.57. The minimum absolute atomic E-state index is 0.250. The molecule has 0 amide bonds. The van der Waals surface area contributed by atoms with Crippen LogP contribution in [-0.2, 0) is 15.8 Å². The Morgan fingerprint density at radius 3 is 2.40 bits per heavy atom. The smallest absolute Gasteiger partial charge is 0.216 e. The molecule has 1 atom stereocenters. The van der Waals surface area contributed by atoms with E-state index in [1.54, 1.807) is 44.4 Å². The molecule has 0 aliphatic rings. The number of hydrogen-bond donors (Lipinski definition) is 1. The quantitative estimate of drug-likeness (QED) is 0.752. The molecule has 0 heterocycles. The molecule has 2 aromatic carbocycles. The SMILES string of the molecule is COc1ccc(OC)c(C(C)NS(=O)(=O)Cc2ccc(Cl)cc2Cl)c1. The number of rotatable bonds is 7. The van der Waals surface area contributed by atoms with Crippen molar-refractivity contribution < 1.29 is 17.9 Å². The van der Waals surface area contributed by atoms with Crippen LogP contribution in [0.1, 0.15) is 24.1 Å². The summed E-state index contributed by atoms with van der Waals surface area (Å²) < 4.78 is 38.1. The molecule has 136 valence electrons. The number of methoxy groups -OCH3 is 2. The largest absolute Gasteiger partial charge is 0.497 e. The second kappa shape index (κ2) is 8.27. The van der Waals surface area contributed by atoms with Crippen LogP contribution in [0.4, 0.5) is 0 Å². The molecule has 0 bridgehead atoms. The Bertz CT molecular complexity index is 856. The van der Waals surface area contributed by atoms with Gasteiger partial charge < -0.3 is 9.47 Å². The van der Waals surface area contributed by atoms with Crippen LogP contribution in [0.15, 0.2) is 36.4 Å². The molecule has 2 aromatic rings. The lowest BCUT2D eigenvalue weighted by atomic mass is 10.1. The van der Waals surface area contributed by atoms with Gasteiger partial charge in [-0.1, -0.05) is 29.3 Å². The predicted molar refractivity (Wildman–Crippen MR) is 100 cm³/mol. The van der Waals surface area contributed by atoms with E-state index in [9.17, 15) is 8.42 Å². The van der Waals surface area contributed by atoms with E-state index in [2.05, 4.69) is 4.72 Å². The molecule has 25 heavy (non-hydrogen) atoms. The van der Waals surface area contributed by atoms with Crippen molar-refractivity contribution in [3.8, 4) is 11.5 Å². The summed E-state index contributed by atoms with van der Waals surface area (Å²) in [5, 5.41) is 0.762. The van der Waals surface area contributed by atoms with E-state index in [1.807, 2.05) is 0 Å². The number of sulfonamides is 1. The molecule has 0 spiro atoms. The number of halogens is 2. The molecule has 0 radical (unpaired) electrons. The van der Waals surface area contributed by atoms with Gasteiger partial charge in [0.25, 0.3) is 0 Å². The molecular weight excluding hydrogens is 385 g/mol. The normalized spacial score (nSPS) is 12.7. The Balaban J connectivity index is 2.22. The van der Waals surface area contributed by atoms with Gasteiger partial charge in [0.2, 0.25) is 10.0 Å². The van der Waals surface area contributed by atoms with Gasteiger partial charge in [-0.2, -0.15) is 0 Å². The summed E-state index contributed by atoms with van der Waals surface area (Å²) in [6.45, 7) is 1.73. The molecular formula is C17H19Cl2NO4S. The first kappa shape index (κ1) is 19.8. The number of nitrogens with one attached hydrogen (secondary N) is 1. The molecule has 0 saturated heterocycles. The lowest BCUT2D eigenvalue weighted by Gasteiger charge is -2.18. The van der Waals surface area contributed by atoms with Crippen molar-refractivity contribution in [2.45, 2.75) is 18.7 Å². The molecule has 0 aromatic heterocycles. The van der Waals surface area contributed by atoms with E-state index in [1.165, 1.54) is 13.2 Å². The van der Waals surface area contributed by atoms with Crippen molar-refractivity contribution in [3.05, 3.63) is 57.6 Å². The predicted octanol–water partition coefficient (Wildman–Crippen LogP) is 4.19. The fourth-order valence-electron chi connectivity index (χ4n) is 2.40. The van der Waals surface area contributed by atoms with E-state index >= 15 is 0 Å². The van der Waals surface area contributed by atoms with E-state index < -0.39 is 16.1 Å². The summed E-state index contributed by atoms with van der Waals surface area (Å²) in [6, 6.07) is 9.42. The first-order chi connectivity index (χ1) is 11.8. The van der Waals surface area contributed by atoms with Gasteiger partial charge in [0.05, 0.1) is 20.0 Å². The highest BCUT2D eigenvalue weighted by molar-refractivity contribution is 7.88. The summed E-state index contributed by atoms with van der Waals surface area (Å²) in [7, 11) is -0.563. The summed E-state index contributed by atoms with van der Waals surface area (Å²) >= 11 is 11.9. The molecule has 1 N–H and O–H groups in total. The summed E-state index contributed by atoms with van der Waals surface area (Å²) in [5.74, 6) is 0.933. The topological polar surface area (TPSA) is 64.6 Å². The van der Waals surface area contributed by atoms with Crippen LogP contribution in [0.5, 0.6) is 11.5 Å². The van der Waals surface area contributed by atoms with Crippen LogP contribution >= 0.6 is 23.2 Å². The Morgan fingerprint density at radius 2 is 1.80 bits per heavy atom. The van der Waals surface area contributed by atoms with Gasteiger partial charge in [0, 0.05) is 21.7 Å². The molecule has 5 nitrogen and oxygen atoms in total. The van der Waals surface area contributed by atoms with Crippen molar-refractivity contribution in [3.63, 3.8) is 0 Å². The van der Waals surface area contributed by atoms with E-state index in [4.69, 9.17) is 32.7 Å². The number of benzene rings is 2. The summed E-state index contributed by atoms with van der Waals surface area (Å²) in [5.41, 5.74) is 1.15. The Labute approximate surface area is 157 Å².